The van der Waals surface area contributed by atoms with Gasteiger partial charge in [-0.1, -0.05) is 11.6 Å². The van der Waals surface area contributed by atoms with E-state index >= 15 is 0 Å². The second kappa shape index (κ2) is 12.6. The molecule has 0 aliphatic carbocycles. The maximum Gasteiger partial charge on any atom is 0.330 e. The number of fused-ring (bicyclic) bond motifs is 1. The zero-order chi connectivity index (χ0) is 25.2. The Kier molecular flexibility index (Phi) is 9.33. The van der Waals surface area contributed by atoms with E-state index in [1.165, 1.54) is 24.5 Å². The van der Waals surface area contributed by atoms with Crippen LogP contribution in [0.4, 0.5) is 21.6 Å². The van der Waals surface area contributed by atoms with Crippen molar-refractivity contribution in [3.8, 4) is 5.75 Å². The van der Waals surface area contributed by atoms with E-state index in [1.807, 2.05) is 6.92 Å². The van der Waals surface area contributed by atoms with Crippen molar-refractivity contribution >= 4 is 51.6 Å². The molecule has 11 heteroatoms. The van der Waals surface area contributed by atoms with Crippen molar-refractivity contribution in [3.63, 3.8) is 0 Å². The molecule has 0 saturated heterocycles. The molecule has 184 valence electrons. The van der Waals surface area contributed by atoms with Crippen molar-refractivity contribution in [2.75, 3.05) is 37.1 Å². The minimum atomic E-state index is -0.632. The number of ether oxygens (including phenoxy) is 3. The van der Waals surface area contributed by atoms with Gasteiger partial charge in [-0.15, -0.1) is 0 Å². The quantitative estimate of drug-likeness (QED) is 0.221. The average Bonchev–Trinajstić information content (AvgIpc) is 2.83. The van der Waals surface area contributed by atoms with Gasteiger partial charge < -0.3 is 24.8 Å². The van der Waals surface area contributed by atoms with Crippen molar-refractivity contribution in [3.05, 3.63) is 59.7 Å². The predicted octanol–water partition coefficient (Wildman–Crippen LogP) is 4.64. The van der Waals surface area contributed by atoms with Crippen LogP contribution in [0.15, 0.2) is 48.8 Å². The highest BCUT2D eigenvalue weighted by Crippen LogP contribution is 2.34. The number of rotatable bonds is 11. The lowest BCUT2D eigenvalue weighted by Crippen LogP contribution is -2.13. The SMILES string of the molecule is CCOCCOc1cc2ncnc(Nc3ccc(F)c(Cl)c3)c2cc1NC(=O)/C=C/C(=O)OCC. The maximum atomic E-state index is 13.5. The molecule has 35 heavy (non-hydrogen) atoms. The lowest BCUT2D eigenvalue weighted by molar-refractivity contribution is -0.137. The average molecular weight is 503 g/mol. The van der Waals surface area contributed by atoms with E-state index in [-0.39, 0.29) is 18.2 Å². The molecule has 3 aromatic rings. The van der Waals surface area contributed by atoms with Crippen molar-refractivity contribution in [1.82, 2.24) is 9.97 Å². The van der Waals surface area contributed by atoms with E-state index in [1.54, 1.807) is 19.1 Å². The number of amides is 1. The molecular weight excluding hydrogens is 479 g/mol. The van der Waals surface area contributed by atoms with E-state index in [9.17, 15) is 14.0 Å². The number of nitrogens with zero attached hydrogens (tertiary/aromatic N) is 2. The first-order valence-electron chi connectivity index (χ1n) is 10.8. The molecule has 0 spiro atoms. The number of anilines is 3. The summed E-state index contributed by atoms with van der Waals surface area (Å²) in [6.07, 6.45) is 3.46. The van der Waals surface area contributed by atoms with Crippen molar-refractivity contribution in [2.24, 2.45) is 0 Å². The van der Waals surface area contributed by atoms with Crippen LogP contribution in [-0.2, 0) is 19.1 Å². The largest absolute Gasteiger partial charge is 0.489 e. The van der Waals surface area contributed by atoms with Crippen LogP contribution in [0.2, 0.25) is 5.02 Å². The molecule has 0 saturated carbocycles. The summed E-state index contributed by atoms with van der Waals surface area (Å²) in [6.45, 7) is 4.87. The monoisotopic (exact) mass is 502 g/mol. The molecule has 1 amide bonds. The van der Waals surface area contributed by atoms with Gasteiger partial charge in [0.15, 0.2) is 0 Å². The van der Waals surface area contributed by atoms with E-state index in [4.69, 9.17) is 25.8 Å². The fourth-order valence-electron chi connectivity index (χ4n) is 2.97. The van der Waals surface area contributed by atoms with Crippen molar-refractivity contribution < 1.29 is 28.2 Å². The number of aromatic nitrogens is 2. The van der Waals surface area contributed by atoms with Gasteiger partial charge in [0.25, 0.3) is 0 Å². The number of esters is 1. The topological polar surface area (TPSA) is 112 Å². The second-order valence-electron chi connectivity index (χ2n) is 6.96. The third kappa shape index (κ3) is 7.36. The van der Waals surface area contributed by atoms with Gasteiger partial charge in [0.05, 0.1) is 29.4 Å². The molecule has 2 N–H and O–H groups in total. The molecular formula is C24H24ClFN4O5. The Morgan fingerprint density at radius 3 is 2.66 bits per heavy atom. The van der Waals surface area contributed by atoms with Gasteiger partial charge in [0, 0.05) is 35.9 Å². The smallest absolute Gasteiger partial charge is 0.330 e. The number of carbonyl (C=O) groups is 2. The summed E-state index contributed by atoms with van der Waals surface area (Å²) < 4.78 is 29.4. The number of nitrogens with one attached hydrogen (secondary N) is 2. The Balaban J connectivity index is 1.94. The Morgan fingerprint density at radius 1 is 1.09 bits per heavy atom. The number of carbonyl (C=O) groups excluding carboxylic acids is 2. The molecule has 1 heterocycles. The summed E-state index contributed by atoms with van der Waals surface area (Å²) in [7, 11) is 0. The molecule has 0 aliphatic heterocycles. The normalized spacial score (nSPS) is 11.0. The van der Waals surface area contributed by atoms with Crippen LogP contribution in [-0.4, -0.2) is 48.3 Å². The molecule has 0 aliphatic rings. The summed E-state index contributed by atoms with van der Waals surface area (Å²) >= 11 is 5.88. The molecule has 0 bridgehead atoms. The number of benzene rings is 2. The summed E-state index contributed by atoms with van der Waals surface area (Å²) in [5.74, 6) is -0.990. The van der Waals surface area contributed by atoms with Crippen LogP contribution in [0.3, 0.4) is 0 Å². The van der Waals surface area contributed by atoms with E-state index in [0.29, 0.717) is 47.1 Å². The van der Waals surface area contributed by atoms with Crippen LogP contribution in [0, 0.1) is 5.82 Å². The summed E-state index contributed by atoms with van der Waals surface area (Å²) in [5.41, 5.74) is 1.36. The Morgan fingerprint density at radius 2 is 1.91 bits per heavy atom. The highest BCUT2D eigenvalue weighted by atomic mass is 35.5. The van der Waals surface area contributed by atoms with E-state index < -0.39 is 17.7 Å². The number of hydrogen-bond donors (Lipinski definition) is 2. The van der Waals surface area contributed by atoms with Gasteiger partial charge in [-0.05, 0) is 38.1 Å². The Hall–Kier alpha value is -3.76. The third-order valence-corrected chi connectivity index (χ3v) is 4.81. The molecule has 1 aromatic heterocycles. The second-order valence-corrected chi connectivity index (χ2v) is 7.37. The van der Waals surface area contributed by atoms with Crippen LogP contribution in [0.1, 0.15) is 13.8 Å². The Labute approximate surface area is 206 Å². The summed E-state index contributed by atoms with van der Waals surface area (Å²) in [6, 6.07) is 7.47. The van der Waals surface area contributed by atoms with Gasteiger partial charge in [0.2, 0.25) is 5.91 Å². The minimum absolute atomic E-state index is 0.0420. The molecule has 2 aromatic carbocycles. The van der Waals surface area contributed by atoms with Gasteiger partial charge in [0.1, 0.15) is 30.3 Å². The van der Waals surface area contributed by atoms with E-state index in [0.717, 1.165) is 12.2 Å². The molecule has 0 radical (unpaired) electrons. The fourth-order valence-corrected chi connectivity index (χ4v) is 3.16. The molecule has 9 nitrogen and oxygen atoms in total. The van der Waals surface area contributed by atoms with E-state index in [2.05, 4.69) is 20.6 Å². The Bertz CT molecular complexity index is 1240. The van der Waals surface area contributed by atoms with Crippen molar-refractivity contribution in [2.45, 2.75) is 13.8 Å². The van der Waals surface area contributed by atoms with Crippen molar-refractivity contribution in [1.29, 1.82) is 0 Å². The van der Waals surface area contributed by atoms with Gasteiger partial charge in [-0.25, -0.2) is 19.2 Å². The molecule has 0 fully saturated rings. The lowest BCUT2D eigenvalue weighted by atomic mass is 10.1. The summed E-state index contributed by atoms with van der Waals surface area (Å²) in [5, 5.41) is 6.28. The highest BCUT2D eigenvalue weighted by molar-refractivity contribution is 6.31. The lowest BCUT2D eigenvalue weighted by Gasteiger charge is -2.15. The van der Waals surface area contributed by atoms with Crippen LogP contribution in [0.25, 0.3) is 10.9 Å². The van der Waals surface area contributed by atoms with Crippen LogP contribution < -0.4 is 15.4 Å². The number of halogens is 2. The zero-order valence-corrected chi connectivity index (χ0v) is 19.9. The summed E-state index contributed by atoms with van der Waals surface area (Å²) in [4.78, 5) is 32.5. The van der Waals surface area contributed by atoms with Crippen LogP contribution >= 0.6 is 11.6 Å². The third-order valence-electron chi connectivity index (χ3n) is 4.52. The minimum Gasteiger partial charge on any atom is -0.489 e. The fraction of sp³-hybridized carbons (Fsp3) is 0.250. The predicted molar refractivity (Wildman–Crippen MR) is 131 cm³/mol. The standard InChI is InChI=1S/C24H24ClFN4O5/c1-3-33-9-10-35-21-13-19-16(12-20(21)30-22(31)7-8-23(32)34-4-2)24(28-14-27-19)29-15-5-6-18(26)17(25)11-15/h5-8,11-14H,3-4,9-10H2,1-2H3,(H,30,31)(H,27,28,29)/b8-7+. The highest BCUT2D eigenvalue weighted by Gasteiger charge is 2.14. The number of hydrogen-bond acceptors (Lipinski definition) is 8. The van der Waals surface area contributed by atoms with Gasteiger partial charge >= 0.3 is 5.97 Å². The first kappa shape index (κ1) is 25.9. The zero-order valence-electron chi connectivity index (χ0n) is 19.1. The maximum absolute atomic E-state index is 13.5. The van der Waals surface area contributed by atoms with Crippen LogP contribution in [0.5, 0.6) is 5.75 Å². The first-order chi connectivity index (χ1) is 16.9. The van der Waals surface area contributed by atoms with Gasteiger partial charge in [-0.2, -0.15) is 0 Å². The molecule has 0 atom stereocenters. The first-order valence-corrected chi connectivity index (χ1v) is 11.2. The molecule has 0 unspecified atom stereocenters. The molecule has 3 rings (SSSR count). The van der Waals surface area contributed by atoms with Gasteiger partial charge in [-0.3, -0.25) is 4.79 Å².